The van der Waals surface area contributed by atoms with E-state index in [9.17, 15) is 4.79 Å². The minimum absolute atomic E-state index is 0.0101. The third-order valence-electron chi connectivity index (χ3n) is 3.90. The number of aryl methyl sites for hydroxylation is 2. The van der Waals surface area contributed by atoms with Crippen LogP contribution in [0.15, 0.2) is 0 Å². The van der Waals surface area contributed by atoms with Crippen LogP contribution in [-0.2, 0) is 0 Å². The molecule has 3 N–H and O–H groups in total. The Morgan fingerprint density at radius 3 is 2.63 bits per heavy atom. The third-order valence-corrected chi connectivity index (χ3v) is 4.97. The summed E-state index contributed by atoms with van der Waals surface area (Å²) in [5.74, 6) is 0.529. The van der Waals surface area contributed by atoms with Gasteiger partial charge in [0.05, 0.1) is 10.7 Å². The van der Waals surface area contributed by atoms with Gasteiger partial charge in [0.25, 0.3) is 5.91 Å². The van der Waals surface area contributed by atoms with Crippen molar-refractivity contribution in [3.8, 4) is 0 Å². The molecule has 0 aromatic carbocycles. The van der Waals surface area contributed by atoms with Gasteiger partial charge in [-0.15, -0.1) is 11.3 Å². The number of carbonyl (C=O) groups excluding carboxylic acids is 1. The molecular formula is C14H23N3OS. The summed E-state index contributed by atoms with van der Waals surface area (Å²) in [5, 5.41) is 4.05. The molecule has 0 saturated heterocycles. The Bertz CT molecular complexity index is 438. The van der Waals surface area contributed by atoms with E-state index >= 15 is 0 Å². The SMILES string of the molecule is Cc1nc(C)c(C(=O)NC(CN)C2CCCCC2)s1. The van der Waals surface area contributed by atoms with Gasteiger partial charge in [-0.3, -0.25) is 4.79 Å². The smallest absolute Gasteiger partial charge is 0.263 e. The van der Waals surface area contributed by atoms with E-state index in [1.165, 1.54) is 43.4 Å². The second-order valence-corrected chi connectivity index (χ2v) is 6.56. The number of thiazole rings is 1. The van der Waals surface area contributed by atoms with Crippen LogP contribution < -0.4 is 11.1 Å². The highest BCUT2D eigenvalue weighted by atomic mass is 32.1. The molecule has 0 aliphatic heterocycles. The summed E-state index contributed by atoms with van der Waals surface area (Å²) in [6, 6.07) is 0.106. The Labute approximate surface area is 118 Å². The first-order chi connectivity index (χ1) is 9.11. The Morgan fingerprint density at radius 1 is 1.42 bits per heavy atom. The van der Waals surface area contributed by atoms with Crippen molar-refractivity contribution in [3.05, 3.63) is 15.6 Å². The zero-order valence-electron chi connectivity index (χ0n) is 11.7. The maximum absolute atomic E-state index is 12.3. The summed E-state index contributed by atoms with van der Waals surface area (Å²) in [6.07, 6.45) is 6.20. The van der Waals surface area contributed by atoms with E-state index in [4.69, 9.17) is 5.73 Å². The highest BCUT2D eigenvalue weighted by Gasteiger charge is 2.25. The lowest BCUT2D eigenvalue weighted by molar-refractivity contribution is 0.0919. The van der Waals surface area contributed by atoms with Gasteiger partial charge in [0, 0.05) is 12.6 Å². The molecule has 1 aliphatic carbocycles. The minimum Gasteiger partial charge on any atom is -0.347 e. The van der Waals surface area contributed by atoms with Gasteiger partial charge in [-0.25, -0.2) is 4.98 Å². The van der Waals surface area contributed by atoms with Crippen LogP contribution in [0.4, 0.5) is 0 Å². The first-order valence-electron chi connectivity index (χ1n) is 7.06. The molecule has 5 heteroatoms. The summed E-state index contributed by atoms with van der Waals surface area (Å²) in [7, 11) is 0. The predicted molar refractivity (Wildman–Crippen MR) is 78.5 cm³/mol. The molecule has 19 heavy (non-hydrogen) atoms. The maximum atomic E-state index is 12.3. The van der Waals surface area contributed by atoms with Crippen LogP contribution in [0.2, 0.25) is 0 Å². The second kappa shape index (κ2) is 6.48. The van der Waals surface area contributed by atoms with Gasteiger partial charge >= 0.3 is 0 Å². The van der Waals surface area contributed by atoms with Crippen LogP contribution >= 0.6 is 11.3 Å². The zero-order chi connectivity index (χ0) is 13.8. The maximum Gasteiger partial charge on any atom is 0.263 e. The van der Waals surface area contributed by atoms with Gasteiger partial charge < -0.3 is 11.1 Å². The van der Waals surface area contributed by atoms with Crippen LogP contribution in [0, 0.1) is 19.8 Å². The molecular weight excluding hydrogens is 258 g/mol. The van der Waals surface area contributed by atoms with Gasteiger partial charge in [0.15, 0.2) is 0 Å². The van der Waals surface area contributed by atoms with Crippen molar-refractivity contribution in [2.75, 3.05) is 6.54 Å². The molecule has 1 heterocycles. The summed E-state index contributed by atoms with van der Waals surface area (Å²) in [4.78, 5) is 17.3. The number of nitrogens with two attached hydrogens (primary N) is 1. The molecule has 1 aromatic heterocycles. The molecule has 1 amide bonds. The predicted octanol–water partition coefficient (Wildman–Crippen LogP) is 2.40. The van der Waals surface area contributed by atoms with E-state index in [1.54, 1.807) is 0 Å². The molecule has 1 fully saturated rings. The van der Waals surface area contributed by atoms with Crippen molar-refractivity contribution in [2.45, 2.75) is 52.0 Å². The fourth-order valence-corrected chi connectivity index (χ4v) is 3.70. The van der Waals surface area contributed by atoms with Crippen molar-refractivity contribution in [1.82, 2.24) is 10.3 Å². The summed E-state index contributed by atoms with van der Waals surface area (Å²) in [5.41, 5.74) is 6.67. The van der Waals surface area contributed by atoms with Gasteiger partial charge in [-0.05, 0) is 32.6 Å². The average Bonchev–Trinajstić information content (AvgIpc) is 2.76. The van der Waals surface area contributed by atoms with E-state index in [1.807, 2.05) is 13.8 Å². The number of hydrogen-bond donors (Lipinski definition) is 2. The normalized spacial score (nSPS) is 18.3. The van der Waals surface area contributed by atoms with Crippen molar-refractivity contribution in [1.29, 1.82) is 0 Å². The first-order valence-corrected chi connectivity index (χ1v) is 7.88. The molecule has 106 valence electrons. The quantitative estimate of drug-likeness (QED) is 0.890. The number of hydrogen-bond acceptors (Lipinski definition) is 4. The highest BCUT2D eigenvalue weighted by Crippen LogP contribution is 2.26. The molecule has 4 nitrogen and oxygen atoms in total. The lowest BCUT2D eigenvalue weighted by Crippen LogP contribution is -2.45. The van der Waals surface area contributed by atoms with Crippen LogP contribution in [0.3, 0.4) is 0 Å². The van der Waals surface area contributed by atoms with Gasteiger partial charge in [-0.2, -0.15) is 0 Å². The van der Waals surface area contributed by atoms with Gasteiger partial charge in [-0.1, -0.05) is 19.3 Å². The van der Waals surface area contributed by atoms with Crippen molar-refractivity contribution >= 4 is 17.2 Å². The Hall–Kier alpha value is -0.940. The summed E-state index contributed by atoms with van der Waals surface area (Å²) >= 11 is 1.46. The Morgan fingerprint density at radius 2 is 2.11 bits per heavy atom. The van der Waals surface area contributed by atoms with Crippen molar-refractivity contribution < 1.29 is 4.79 Å². The molecule has 1 aromatic rings. The second-order valence-electron chi connectivity index (χ2n) is 5.36. The Balaban J connectivity index is 2.01. The van der Waals surface area contributed by atoms with Crippen LogP contribution in [0.25, 0.3) is 0 Å². The molecule has 1 unspecified atom stereocenters. The van der Waals surface area contributed by atoms with E-state index in [0.29, 0.717) is 12.5 Å². The third kappa shape index (κ3) is 3.54. The van der Waals surface area contributed by atoms with Crippen LogP contribution in [0.5, 0.6) is 0 Å². The first kappa shape index (κ1) is 14.5. The van der Waals surface area contributed by atoms with Crippen LogP contribution in [-0.4, -0.2) is 23.5 Å². The van der Waals surface area contributed by atoms with Gasteiger partial charge in [0.1, 0.15) is 4.88 Å². The van der Waals surface area contributed by atoms with Crippen molar-refractivity contribution in [2.24, 2.45) is 11.7 Å². The number of nitrogens with zero attached hydrogens (tertiary/aromatic N) is 1. The number of rotatable bonds is 4. The van der Waals surface area contributed by atoms with E-state index in [0.717, 1.165) is 15.6 Å². The summed E-state index contributed by atoms with van der Waals surface area (Å²) < 4.78 is 0. The largest absolute Gasteiger partial charge is 0.347 e. The number of carbonyl (C=O) groups is 1. The van der Waals surface area contributed by atoms with Gasteiger partial charge in [0.2, 0.25) is 0 Å². The fourth-order valence-electron chi connectivity index (χ4n) is 2.88. The highest BCUT2D eigenvalue weighted by molar-refractivity contribution is 7.13. The van der Waals surface area contributed by atoms with E-state index in [2.05, 4.69) is 10.3 Å². The molecule has 1 saturated carbocycles. The summed E-state index contributed by atoms with van der Waals surface area (Å²) in [6.45, 7) is 4.33. The minimum atomic E-state index is -0.0101. The zero-order valence-corrected chi connectivity index (χ0v) is 12.6. The topological polar surface area (TPSA) is 68.0 Å². The monoisotopic (exact) mass is 281 g/mol. The van der Waals surface area contributed by atoms with E-state index in [-0.39, 0.29) is 11.9 Å². The number of nitrogens with one attached hydrogen (secondary N) is 1. The average molecular weight is 281 g/mol. The fraction of sp³-hybridized carbons (Fsp3) is 0.714. The van der Waals surface area contributed by atoms with Crippen LogP contribution in [0.1, 0.15) is 52.5 Å². The number of amides is 1. The lowest BCUT2D eigenvalue weighted by atomic mass is 9.84. The molecule has 2 rings (SSSR count). The molecule has 0 spiro atoms. The standard InChI is InChI=1S/C14H23N3OS/c1-9-13(19-10(2)16-9)14(18)17-12(8-15)11-6-4-3-5-7-11/h11-12H,3-8,15H2,1-2H3,(H,17,18). The molecule has 1 aliphatic rings. The lowest BCUT2D eigenvalue weighted by Gasteiger charge is -2.29. The molecule has 0 radical (unpaired) electrons. The number of aromatic nitrogens is 1. The molecule has 1 atom stereocenters. The van der Waals surface area contributed by atoms with E-state index < -0.39 is 0 Å². The van der Waals surface area contributed by atoms with Crippen molar-refractivity contribution in [3.63, 3.8) is 0 Å². The molecule has 0 bridgehead atoms. The Kier molecular flexibility index (Phi) is 4.93.